The first-order chi connectivity index (χ1) is 10.3. The number of aromatic nitrogens is 1. The molecule has 0 unspecified atom stereocenters. The fourth-order valence-corrected chi connectivity index (χ4v) is 3.77. The summed E-state index contributed by atoms with van der Waals surface area (Å²) >= 11 is 0. The van der Waals surface area contributed by atoms with Gasteiger partial charge in [0.1, 0.15) is 11.6 Å². The highest BCUT2D eigenvalue weighted by Crippen LogP contribution is 2.23. The Morgan fingerprint density at radius 1 is 1.30 bits per heavy atom. The Morgan fingerprint density at radius 2 is 1.96 bits per heavy atom. The van der Waals surface area contributed by atoms with Crippen molar-refractivity contribution in [2.24, 2.45) is 5.92 Å². The number of sulfonamides is 1. The molecule has 0 spiro atoms. The van der Waals surface area contributed by atoms with E-state index < -0.39 is 21.7 Å². The Hall–Kier alpha value is -1.38. The zero-order valence-electron chi connectivity index (χ0n) is 13.0. The van der Waals surface area contributed by atoms with Gasteiger partial charge in [0.2, 0.25) is 15.9 Å². The van der Waals surface area contributed by atoms with E-state index in [4.69, 9.17) is 5.73 Å². The van der Waals surface area contributed by atoms with Gasteiger partial charge in [-0.25, -0.2) is 18.1 Å². The van der Waals surface area contributed by atoms with Crippen molar-refractivity contribution in [3.63, 3.8) is 0 Å². The largest absolute Gasteiger partial charge is 0.384 e. The van der Waals surface area contributed by atoms with E-state index in [1.807, 2.05) is 0 Å². The summed E-state index contributed by atoms with van der Waals surface area (Å²) in [6.45, 7) is 2.17. The maximum absolute atomic E-state index is 12.0. The van der Waals surface area contributed by atoms with Gasteiger partial charge in [-0.3, -0.25) is 4.79 Å². The summed E-state index contributed by atoms with van der Waals surface area (Å²) in [5.41, 5.74) is 5.86. The van der Waals surface area contributed by atoms with Crippen LogP contribution in [-0.4, -0.2) is 31.1 Å². The van der Waals surface area contributed by atoms with E-state index in [0.717, 1.165) is 25.7 Å². The lowest BCUT2D eigenvalue weighted by molar-refractivity contribution is -0.113. The van der Waals surface area contributed by atoms with Crippen molar-refractivity contribution >= 4 is 39.8 Å². The summed E-state index contributed by atoms with van der Waals surface area (Å²) in [5, 5.41) is 2.49. The molecule has 130 valence electrons. The van der Waals surface area contributed by atoms with Crippen LogP contribution in [0.25, 0.3) is 0 Å². The number of rotatable bonds is 5. The second-order valence-electron chi connectivity index (χ2n) is 5.85. The summed E-state index contributed by atoms with van der Waals surface area (Å²) in [6.07, 6.45) is 5.05. The van der Waals surface area contributed by atoms with Crippen molar-refractivity contribution in [2.75, 3.05) is 16.8 Å². The monoisotopic (exact) mass is 362 g/mol. The topological polar surface area (TPSA) is 114 Å². The molecule has 0 atom stereocenters. The number of nitrogens with zero attached hydrogens (tertiary/aromatic N) is 1. The summed E-state index contributed by atoms with van der Waals surface area (Å²) in [6, 6.07) is 3.04. The van der Waals surface area contributed by atoms with Gasteiger partial charge >= 0.3 is 0 Å². The van der Waals surface area contributed by atoms with Gasteiger partial charge in [-0.05, 0) is 43.7 Å². The maximum Gasteiger partial charge on any atom is 0.241 e. The lowest BCUT2D eigenvalue weighted by Crippen LogP contribution is -2.41. The molecule has 0 aliphatic heterocycles. The molecule has 0 radical (unpaired) electrons. The van der Waals surface area contributed by atoms with E-state index in [1.165, 1.54) is 12.3 Å². The highest BCUT2D eigenvalue weighted by atomic mass is 35.5. The lowest BCUT2D eigenvalue weighted by atomic mass is 9.88. The first kappa shape index (κ1) is 19.7. The molecule has 1 heterocycles. The van der Waals surface area contributed by atoms with Crippen molar-refractivity contribution in [3.05, 3.63) is 18.3 Å². The number of hydrogen-bond acceptors (Lipinski definition) is 5. The van der Waals surface area contributed by atoms with Gasteiger partial charge in [-0.15, -0.1) is 12.4 Å². The van der Waals surface area contributed by atoms with Crippen LogP contribution in [0.4, 0.5) is 11.5 Å². The van der Waals surface area contributed by atoms with Gasteiger partial charge in [-0.2, -0.15) is 0 Å². The van der Waals surface area contributed by atoms with Gasteiger partial charge in [0.15, 0.2) is 0 Å². The van der Waals surface area contributed by atoms with Gasteiger partial charge < -0.3 is 11.1 Å². The summed E-state index contributed by atoms with van der Waals surface area (Å²) < 4.78 is 26.7. The van der Waals surface area contributed by atoms with Gasteiger partial charge in [0, 0.05) is 6.04 Å². The van der Waals surface area contributed by atoms with E-state index in [9.17, 15) is 13.2 Å². The first-order valence-electron chi connectivity index (χ1n) is 7.35. The van der Waals surface area contributed by atoms with Crippen molar-refractivity contribution in [1.29, 1.82) is 0 Å². The summed E-state index contributed by atoms with van der Waals surface area (Å²) in [4.78, 5) is 15.6. The standard InChI is InChI=1S/C14H22N4O3S.ClH/c1-10-2-4-11(5-3-10)18-22(20,21)9-14(19)17-12-6-7-13(15)16-8-12;/h6-8,10-11,18H,2-5,9H2,1H3,(H2,15,16)(H,17,19);1H. The number of carbonyl (C=O) groups is 1. The number of amides is 1. The highest BCUT2D eigenvalue weighted by molar-refractivity contribution is 7.90. The zero-order chi connectivity index (χ0) is 16.2. The SMILES string of the molecule is CC1CCC(NS(=O)(=O)CC(=O)Nc2ccc(N)nc2)CC1.Cl. The van der Waals surface area contributed by atoms with E-state index in [0.29, 0.717) is 17.4 Å². The number of nitrogens with one attached hydrogen (secondary N) is 2. The molecule has 0 bridgehead atoms. The Balaban J connectivity index is 0.00000264. The van der Waals surface area contributed by atoms with Crippen LogP contribution in [0, 0.1) is 5.92 Å². The number of nitrogens with two attached hydrogens (primary N) is 1. The zero-order valence-corrected chi connectivity index (χ0v) is 14.6. The van der Waals surface area contributed by atoms with Gasteiger partial charge in [0.25, 0.3) is 0 Å². The van der Waals surface area contributed by atoms with Crippen LogP contribution in [0.15, 0.2) is 18.3 Å². The van der Waals surface area contributed by atoms with Gasteiger partial charge in [-0.1, -0.05) is 6.92 Å². The quantitative estimate of drug-likeness (QED) is 0.734. The van der Waals surface area contributed by atoms with Crippen molar-refractivity contribution < 1.29 is 13.2 Å². The van der Waals surface area contributed by atoms with E-state index >= 15 is 0 Å². The second-order valence-corrected chi connectivity index (χ2v) is 7.61. The third-order valence-corrected chi connectivity index (χ3v) is 5.09. The first-order valence-corrected chi connectivity index (χ1v) is 9.00. The Bertz CT molecular complexity index is 613. The third-order valence-electron chi connectivity index (χ3n) is 3.75. The number of carbonyl (C=O) groups excluding carboxylic acids is 1. The fourth-order valence-electron chi connectivity index (χ4n) is 2.52. The number of halogens is 1. The molecule has 23 heavy (non-hydrogen) atoms. The highest BCUT2D eigenvalue weighted by Gasteiger charge is 2.24. The summed E-state index contributed by atoms with van der Waals surface area (Å²) in [7, 11) is -3.63. The molecule has 1 aliphatic rings. The minimum atomic E-state index is -3.63. The predicted molar refractivity (Wildman–Crippen MR) is 92.9 cm³/mol. The van der Waals surface area contributed by atoms with E-state index in [1.54, 1.807) is 6.07 Å². The average molecular weight is 363 g/mol. The van der Waals surface area contributed by atoms with Crippen LogP contribution in [0.2, 0.25) is 0 Å². The van der Waals surface area contributed by atoms with Crippen LogP contribution in [0.1, 0.15) is 32.6 Å². The molecule has 1 aromatic rings. The van der Waals surface area contributed by atoms with Crippen molar-refractivity contribution in [2.45, 2.75) is 38.6 Å². The van der Waals surface area contributed by atoms with Crippen molar-refractivity contribution in [3.8, 4) is 0 Å². The molecule has 1 amide bonds. The van der Waals surface area contributed by atoms with Crippen LogP contribution in [-0.2, 0) is 14.8 Å². The number of anilines is 2. The number of hydrogen-bond donors (Lipinski definition) is 3. The molecule has 1 aromatic heterocycles. The predicted octanol–water partition coefficient (Wildman–Crippen LogP) is 1.52. The van der Waals surface area contributed by atoms with Crippen LogP contribution in [0.3, 0.4) is 0 Å². The normalized spacial score (nSPS) is 21.3. The molecule has 2 rings (SSSR count). The molecule has 1 saturated carbocycles. The Morgan fingerprint density at radius 3 is 2.52 bits per heavy atom. The molecule has 0 aromatic carbocycles. The average Bonchev–Trinajstić information content (AvgIpc) is 2.43. The second kappa shape index (κ2) is 8.47. The number of nitrogen functional groups attached to an aromatic ring is 1. The molecule has 0 saturated heterocycles. The summed E-state index contributed by atoms with van der Waals surface area (Å²) in [5.74, 6) is -0.215. The van der Waals surface area contributed by atoms with E-state index in [-0.39, 0.29) is 18.4 Å². The molecule has 1 fully saturated rings. The van der Waals surface area contributed by atoms with E-state index in [2.05, 4.69) is 21.9 Å². The molecular formula is C14H23ClN4O3S. The van der Waals surface area contributed by atoms with Crippen LogP contribution in [0.5, 0.6) is 0 Å². The maximum atomic E-state index is 12.0. The van der Waals surface area contributed by atoms with Crippen LogP contribution >= 0.6 is 12.4 Å². The Kier molecular flexibility index (Phi) is 7.24. The molecule has 9 heteroatoms. The molecule has 1 aliphatic carbocycles. The Labute approximate surface area is 142 Å². The third kappa shape index (κ3) is 6.72. The molecule has 4 N–H and O–H groups in total. The van der Waals surface area contributed by atoms with Gasteiger partial charge in [0.05, 0.1) is 11.9 Å². The van der Waals surface area contributed by atoms with Crippen LogP contribution < -0.4 is 15.8 Å². The molecule has 7 nitrogen and oxygen atoms in total. The minimum absolute atomic E-state index is 0. The smallest absolute Gasteiger partial charge is 0.241 e. The lowest BCUT2D eigenvalue weighted by Gasteiger charge is -2.26. The number of pyridine rings is 1. The molecular weight excluding hydrogens is 340 g/mol. The van der Waals surface area contributed by atoms with Crippen molar-refractivity contribution in [1.82, 2.24) is 9.71 Å². The fraction of sp³-hybridized carbons (Fsp3) is 0.571. The minimum Gasteiger partial charge on any atom is -0.384 e.